The molecule has 25 heavy (non-hydrogen) atoms. The number of aryl methyl sites for hydroxylation is 3. The molecule has 7 nitrogen and oxygen atoms in total. The van der Waals surface area contributed by atoms with Gasteiger partial charge < -0.3 is 19.7 Å². The molecule has 7 heteroatoms. The summed E-state index contributed by atoms with van der Waals surface area (Å²) < 4.78 is 7.01. The van der Waals surface area contributed by atoms with E-state index in [4.69, 9.17) is 4.52 Å². The van der Waals surface area contributed by atoms with Gasteiger partial charge in [0, 0.05) is 31.5 Å². The van der Waals surface area contributed by atoms with E-state index < -0.39 is 0 Å². The smallest absolute Gasteiger partial charge is 0.315 e. The Morgan fingerprint density at radius 1 is 1.28 bits per heavy atom. The van der Waals surface area contributed by atoms with Gasteiger partial charge in [0.25, 0.3) is 0 Å². The molecule has 0 aliphatic carbocycles. The summed E-state index contributed by atoms with van der Waals surface area (Å²) in [5.74, 6) is 1.47. The Bertz CT molecular complexity index is 834. The number of benzene rings is 1. The van der Waals surface area contributed by atoms with Crippen molar-refractivity contribution in [3.05, 3.63) is 71.1 Å². The lowest BCUT2D eigenvalue weighted by atomic mass is 10.1. The molecule has 3 aromatic rings. The van der Waals surface area contributed by atoms with Crippen molar-refractivity contribution in [3.63, 3.8) is 0 Å². The number of urea groups is 1. The summed E-state index contributed by atoms with van der Waals surface area (Å²) in [6, 6.07) is 9.13. The van der Waals surface area contributed by atoms with Crippen molar-refractivity contribution in [2.45, 2.75) is 26.4 Å². The van der Waals surface area contributed by atoms with Gasteiger partial charge in [-0.3, -0.25) is 0 Å². The first-order chi connectivity index (χ1) is 12.1. The lowest BCUT2D eigenvalue weighted by molar-refractivity contribution is 0.237. The van der Waals surface area contributed by atoms with Gasteiger partial charge in [0.1, 0.15) is 17.6 Å². The predicted octanol–water partition coefficient (Wildman–Crippen LogP) is 2.61. The van der Waals surface area contributed by atoms with Crippen LogP contribution < -0.4 is 10.6 Å². The molecular weight excluding hydrogens is 318 g/mol. The van der Waals surface area contributed by atoms with Crippen molar-refractivity contribution in [1.29, 1.82) is 0 Å². The maximum Gasteiger partial charge on any atom is 0.315 e. The van der Waals surface area contributed by atoms with Crippen LogP contribution in [0.5, 0.6) is 0 Å². The molecule has 0 radical (unpaired) electrons. The number of carbonyl (C=O) groups is 1. The van der Waals surface area contributed by atoms with Crippen molar-refractivity contribution in [2.24, 2.45) is 7.05 Å². The molecular formula is C18H21N5O2. The SMILES string of the molecule is Cc1noc(C)c1CNC(=O)N[C@H](c1ccccc1)c1nccn1C. The molecule has 0 saturated heterocycles. The number of carbonyl (C=O) groups excluding carboxylic acids is 1. The number of nitrogens with one attached hydrogen (secondary N) is 2. The zero-order chi connectivity index (χ0) is 17.8. The molecule has 130 valence electrons. The molecule has 0 spiro atoms. The molecule has 3 rings (SSSR count). The van der Waals surface area contributed by atoms with E-state index in [-0.39, 0.29) is 12.1 Å². The molecule has 0 aliphatic heterocycles. The van der Waals surface area contributed by atoms with E-state index in [9.17, 15) is 4.79 Å². The number of aromatic nitrogens is 3. The van der Waals surface area contributed by atoms with Crippen LogP contribution in [0.2, 0.25) is 0 Å². The second kappa shape index (κ2) is 7.21. The van der Waals surface area contributed by atoms with Crippen LogP contribution in [0.4, 0.5) is 4.79 Å². The highest BCUT2D eigenvalue weighted by atomic mass is 16.5. The van der Waals surface area contributed by atoms with Gasteiger partial charge in [-0.25, -0.2) is 9.78 Å². The zero-order valence-corrected chi connectivity index (χ0v) is 14.5. The molecule has 0 aliphatic rings. The molecule has 2 amide bonds. The number of amides is 2. The highest BCUT2D eigenvalue weighted by molar-refractivity contribution is 5.75. The Labute approximate surface area is 146 Å². The van der Waals surface area contributed by atoms with Gasteiger partial charge in [0.15, 0.2) is 0 Å². The fourth-order valence-corrected chi connectivity index (χ4v) is 2.70. The largest absolute Gasteiger partial charge is 0.361 e. The fraction of sp³-hybridized carbons (Fsp3) is 0.278. The molecule has 2 N–H and O–H groups in total. The van der Waals surface area contributed by atoms with Crippen LogP contribution in [0.15, 0.2) is 47.2 Å². The third kappa shape index (κ3) is 3.71. The van der Waals surface area contributed by atoms with E-state index >= 15 is 0 Å². The number of hydrogen-bond acceptors (Lipinski definition) is 4. The summed E-state index contributed by atoms with van der Waals surface area (Å²) in [6.45, 7) is 4.04. The lowest BCUT2D eigenvalue weighted by Crippen LogP contribution is -2.39. The molecule has 1 aromatic carbocycles. The zero-order valence-electron chi connectivity index (χ0n) is 14.5. The van der Waals surface area contributed by atoms with Crippen LogP contribution in [0.3, 0.4) is 0 Å². The van der Waals surface area contributed by atoms with Crippen molar-refractivity contribution < 1.29 is 9.32 Å². The van der Waals surface area contributed by atoms with Gasteiger partial charge in [-0.1, -0.05) is 35.5 Å². The van der Waals surface area contributed by atoms with Crippen molar-refractivity contribution >= 4 is 6.03 Å². The summed E-state index contributed by atoms with van der Waals surface area (Å²) in [5, 5.41) is 9.75. The monoisotopic (exact) mass is 339 g/mol. The normalized spacial score (nSPS) is 12.0. The summed E-state index contributed by atoms with van der Waals surface area (Å²) in [7, 11) is 1.90. The van der Waals surface area contributed by atoms with Gasteiger partial charge >= 0.3 is 6.03 Å². The molecule has 2 heterocycles. The minimum Gasteiger partial charge on any atom is -0.361 e. The van der Waals surface area contributed by atoms with Gasteiger partial charge in [0.05, 0.1) is 5.69 Å². The average Bonchev–Trinajstić information content (AvgIpc) is 3.17. The van der Waals surface area contributed by atoms with E-state index in [1.54, 1.807) is 6.20 Å². The number of rotatable bonds is 5. The molecule has 0 bridgehead atoms. The summed E-state index contributed by atoms with van der Waals surface area (Å²) in [6.07, 6.45) is 3.57. The van der Waals surface area contributed by atoms with Crippen molar-refractivity contribution in [3.8, 4) is 0 Å². The van der Waals surface area contributed by atoms with Crippen molar-refractivity contribution in [2.75, 3.05) is 0 Å². The Morgan fingerprint density at radius 3 is 2.64 bits per heavy atom. The highest BCUT2D eigenvalue weighted by Gasteiger charge is 2.20. The van der Waals surface area contributed by atoms with E-state index in [1.165, 1.54) is 0 Å². The van der Waals surface area contributed by atoms with Crippen LogP contribution in [-0.2, 0) is 13.6 Å². The summed E-state index contributed by atoms with van der Waals surface area (Å²) >= 11 is 0. The topological polar surface area (TPSA) is 85.0 Å². The van der Waals surface area contributed by atoms with Crippen LogP contribution in [0.1, 0.15) is 34.4 Å². The third-order valence-corrected chi connectivity index (χ3v) is 4.13. The van der Waals surface area contributed by atoms with E-state index in [0.29, 0.717) is 12.3 Å². The van der Waals surface area contributed by atoms with Crippen LogP contribution in [0.25, 0.3) is 0 Å². The Kier molecular flexibility index (Phi) is 4.83. The standard InChI is InChI=1S/C18H21N5O2/c1-12-15(13(2)25-22-12)11-20-18(24)21-16(14-7-5-4-6-8-14)17-19-9-10-23(17)3/h4-10,16H,11H2,1-3H3,(H2,20,21,24)/t16-/m1/s1. The first-order valence-electron chi connectivity index (χ1n) is 8.04. The molecule has 2 aromatic heterocycles. The minimum atomic E-state index is -0.342. The Morgan fingerprint density at radius 2 is 2.04 bits per heavy atom. The lowest BCUT2D eigenvalue weighted by Gasteiger charge is -2.19. The number of imidazole rings is 1. The Balaban J connectivity index is 1.74. The van der Waals surface area contributed by atoms with Gasteiger partial charge in [-0.15, -0.1) is 0 Å². The van der Waals surface area contributed by atoms with Crippen LogP contribution >= 0.6 is 0 Å². The molecule has 1 atom stereocenters. The van der Waals surface area contributed by atoms with E-state index in [2.05, 4.69) is 20.8 Å². The van der Waals surface area contributed by atoms with Gasteiger partial charge in [-0.05, 0) is 19.4 Å². The first kappa shape index (κ1) is 16.8. The van der Waals surface area contributed by atoms with E-state index in [0.717, 1.165) is 22.6 Å². The van der Waals surface area contributed by atoms with Crippen LogP contribution in [0, 0.1) is 13.8 Å². The minimum absolute atomic E-state index is 0.281. The van der Waals surface area contributed by atoms with E-state index in [1.807, 2.05) is 62.0 Å². The maximum absolute atomic E-state index is 12.4. The number of nitrogens with zero attached hydrogens (tertiary/aromatic N) is 3. The predicted molar refractivity (Wildman–Crippen MR) is 92.8 cm³/mol. The maximum atomic E-state index is 12.4. The average molecular weight is 339 g/mol. The van der Waals surface area contributed by atoms with Crippen LogP contribution in [-0.4, -0.2) is 20.7 Å². The first-order valence-corrected chi connectivity index (χ1v) is 8.04. The second-order valence-electron chi connectivity index (χ2n) is 5.87. The second-order valence-corrected chi connectivity index (χ2v) is 5.87. The van der Waals surface area contributed by atoms with Crippen molar-refractivity contribution in [1.82, 2.24) is 25.3 Å². The quantitative estimate of drug-likeness (QED) is 0.748. The fourth-order valence-electron chi connectivity index (χ4n) is 2.70. The highest BCUT2D eigenvalue weighted by Crippen LogP contribution is 2.20. The molecule has 0 saturated carbocycles. The Hall–Kier alpha value is -3.09. The third-order valence-electron chi connectivity index (χ3n) is 4.13. The molecule has 0 fully saturated rings. The summed E-state index contributed by atoms with van der Waals surface area (Å²) in [4.78, 5) is 16.8. The number of hydrogen-bond donors (Lipinski definition) is 2. The molecule has 0 unspecified atom stereocenters. The van der Waals surface area contributed by atoms with Gasteiger partial charge in [0.2, 0.25) is 0 Å². The summed E-state index contributed by atoms with van der Waals surface area (Å²) in [5.41, 5.74) is 2.63. The van der Waals surface area contributed by atoms with Gasteiger partial charge in [-0.2, -0.15) is 0 Å².